The molecule has 0 saturated carbocycles. The summed E-state index contributed by atoms with van der Waals surface area (Å²) < 4.78 is 8.61. The number of fused-ring (bicyclic) bond motifs is 6. The first-order valence-electron chi connectivity index (χ1n) is 19.4. The van der Waals surface area contributed by atoms with E-state index in [1.807, 2.05) is 12.1 Å². The van der Waals surface area contributed by atoms with E-state index in [1.165, 1.54) is 55.3 Å². The third-order valence-electron chi connectivity index (χ3n) is 11.2. The van der Waals surface area contributed by atoms with Crippen molar-refractivity contribution in [3.05, 3.63) is 218 Å². The van der Waals surface area contributed by atoms with Crippen LogP contribution in [0.3, 0.4) is 0 Å². The van der Waals surface area contributed by atoms with Gasteiger partial charge in [0.05, 0.1) is 16.7 Å². The molecule has 0 aliphatic rings. The lowest BCUT2D eigenvalue weighted by Gasteiger charge is -2.26. The van der Waals surface area contributed by atoms with E-state index in [9.17, 15) is 0 Å². The van der Waals surface area contributed by atoms with Gasteiger partial charge < -0.3 is 13.9 Å². The summed E-state index contributed by atoms with van der Waals surface area (Å²) >= 11 is 0. The molecule has 0 spiro atoms. The van der Waals surface area contributed by atoms with Crippen LogP contribution in [-0.4, -0.2) is 4.57 Å². The topological polar surface area (TPSA) is 21.3 Å². The Morgan fingerprint density at radius 2 is 0.772 bits per heavy atom. The lowest BCUT2D eigenvalue weighted by Crippen LogP contribution is -2.09. The minimum atomic E-state index is 0.885. The van der Waals surface area contributed by atoms with E-state index in [2.05, 4.69) is 216 Å². The first kappa shape index (κ1) is 32.8. The molecule has 0 aliphatic heterocycles. The zero-order chi connectivity index (χ0) is 37.7. The summed E-state index contributed by atoms with van der Waals surface area (Å²) in [6.07, 6.45) is 0. The lowest BCUT2D eigenvalue weighted by atomic mass is 9.98. The van der Waals surface area contributed by atoms with E-state index in [1.54, 1.807) is 0 Å². The monoisotopic (exact) mass is 728 g/mol. The van der Waals surface area contributed by atoms with Gasteiger partial charge in [-0.3, -0.25) is 0 Å². The molecule has 57 heavy (non-hydrogen) atoms. The van der Waals surface area contributed by atoms with Crippen LogP contribution in [-0.2, 0) is 0 Å². The molecule has 268 valence electrons. The fourth-order valence-electron chi connectivity index (χ4n) is 8.47. The van der Waals surface area contributed by atoms with Crippen molar-refractivity contribution in [2.24, 2.45) is 0 Å². The SMILES string of the molecule is c1ccc(-c2ccc(N(c3ccc(-c4ccc(-c5ccccc5-n5c6ccccc6c6ccccc65)cc4)cc3)c3ccc4oc5ccccc5c4c3)cc2)cc1. The highest BCUT2D eigenvalue weighted by molar-refractivity contribution is 6.10. The Hall–Kier alpha value is -7.62. The van der Waals surface area contributed by atoms with E-state index in [0.717, 1.165) is 44.6 Å². The van der Waals surface area contributed by atoms with Gasteiger partial charge in [0.1, 0.15) is 11.2 Å². The van der Waals surface area contributed by atoms with Gasteiger partial charge in [0.15, 0.2) is 0 Å². The summed E-state index contributed by atoms with van der Waals surface area (Å²) in [5.41, 5.74) is 15.7. The molecular weight excluding hydrogens is 693 g/mol. The average Bonchev–Trinajstić information content (AvgIpc) is 3.83. The van der Waals surface area contributed by atoms with Crippen molar-refractivity contribution < 1.29 is 4.42 Å². The summed E-state index contributed by atoms with van der Waals surface area (Å²) in [5, 5.41) is 4.75. The Balaban J connectivity index is 0.953. The first-order valence-corrected chi connectivity index (χ1v) is 19.4. The Morgan fingerprint density at radius 1 is 0.316 bits per heavy atom. The predicted molar refractivity (Wildman–Crippen MR) is 239 cm³/mol. The summed E-state index contributed by atoms with van der Waals surface area (Å²) in [5.74, 6) is 0. The van der Waals surface area contributed by atoms with Crippen LogP contribution < -0.4 is 4.90 Å². The molecule has 3 heteroatoms. The standard InChI is InChI=1S/C54H36N2O/c1-2-12-37(13-3-1)39-26-30-42(31-27-39)55(44-34-35-54-49(36-44)48-17-7-11-21-53(48)57-54)43-32-28-40(29-33-43)38-22-24-41(25-23-38)45-14-4-8-18-50(45)56-51-19-9-5-15-46(51)47-16-6-10-20-52(47)56/h1-36H. The fourth-order valence-corrected chi connectivity index (χ4v) is 8.47. The van der Waals surface area contributed by atoms with E-state index >= 15 is 0 Å². The summed E-state index contributed by atoms with van der Waals surface area (Å²) in [7, 11) is 0. The van der Waals surface area contributed by atoms with Gasteiger partial charge in [0.2, 0.25) is 0 Å². The molecule has 2 aromatic heterocycles. The number of para-hydroxylation sites is 4. The van der Waals surface area contributed by atoms with Gasteiger partial charge in [0, 0.05) is 44.2 Å². The molecule has 0 saturated heterocycles. The molecule has 9 aromatic carbocycles. The third-order valence-corrected chi connectivity index (χ3v) is 11.2. The highest BCUT2D eigenvalue weighted by Gasteiger charge is 2.18. The van der Waals surface area contributed by atoms with Crippen LogP contribution in [0.1, 0.15) is 0 Å². The van der Waals surface area contributed by atoms with Gasteiger partial charge in [-0.15, -0.1) is 0 Å². The lowest BCUT2D eigenvalue weighted by molar-refractivity contribution is 0.669. The van der Waals surface area contributed by atoms with E-state index in [-0.39, 0.29) is 0 Å². The average molecular weight is 729 g/mol. The summed E-state index contributed by atoms with van der Waals surface area (Å²) in [6, 6.07) is 78.1. The largest absolute Gasteiger partial charge is 0.456 e. The number of rotatable bonds is 7. The van der Waals surface area contributed by atoms with E-state index in [0.29, 0.717) is 0 Å². The van der Waals surface area contributed by atoms with Gasteiger partial charge in [-0.25, -0.2) is 0 Å². The molecular formula is C54H36N2O. The third kappa shape index (κ3) is 5.68. The van der Waals surface area contributed by atoms with Crippen molar-refractivity contribution in [3.8, 4) is 39.1 Å². The normalized spacial score (nSPS) is 11.5. The van der Waals surface area contributed by atoms with Crippen LogP contribution in [0.25, 0.3) is 82.8 Å². The first-order chi connectivity index (χ1) is 28.3. The van der Waals surface area contributed by atoms with Gasteiger partial charge in [-0.1, -0.05) is 152 Å². The maximum atomic E-state index is 6.20. The second-order valence-corrected chi connectivity index (χ2v) is 14.5. The van der Waals surface area contributed by atoms with Crippen molar-refractivity contribution in [1.82, 2.24) is 4.57 Å². The number of anilines is 3. The van der Waals surface area contributed by atoms with Crippen LogP contribution in [0.4, 0.5) is 17.1 Å². The second kappa shape index (κ2) is 13.6. The highest BCUT2D eigenvalue weighted by atomic mass is 16.3. The van der Waals surface area contributed by atoms with Gasteiger partial charge >= 0.3 is 0 Å². The molecule has 0 radical (unpaired) electrons. The zero-order valence-corrected chi connectivity index (χ0v) is 31.1. The van der Waals surface area contributed by atoms with E-state index < -0.39 is 0 Å². The summed E-state index contributed by atoms with van der Waals surface area (Å²) in [6.45, 7) is 0. The number of aromatic nitrogens is 1. The fraction of sp³-hybridized carbons (Fsp3) is 0. The number of hydrogen-bond acceptors (Lipinski definition) is 2. The second-order valence-electron chi connectivity index (χ2n) is 14.5. The van der Waals surface area contributed by atoms with Crippen LogP contribution in [0.5, 0.6) is 0 Å². The van der Waals surface area contributed by atoms with Crippen LogP contribution in [0.15, 0.2) is 223 Å². The number of nitrogens with zero attached hydrogens (tertiary/aromatic N) is 2. The molecule has 0 amide bonds. The van der Waals surface area contributed by atoms with Gasteiger partial charge in [-0.05, 0) is 94.5 Å². The minimum Gasteiger partial charge on any atom is -0.456 e. The van der Waals surface area contributed by atoms with Crippen molar-refractivity contribution >= 4 is 60.8 Å². The molecule has 0 N–H and O–H groups in total. The van der Waals surface area contributed by atoms with Crippen LogP contribution in [0, 0.1) is 0 Å². The Morgan fingerprint density at radius 3 is 1.42 bits per heavy atom. The van der Waals surface area contributed by atoms with Crippen molar-refractivity contribution in [3.63, 3.8) is 0 Å². The van der Waals surface area contributed by atoms with Crippen molar-refractivity contribution in [2.45, 2.75) is 0 Å². The highest BCUT2D eigenvalue weighted by Crippen LogP contribution is 2.41. The molecule has 11 aromatic rings. The maximum Gasteiger partial charge on any atom is 0.135 e. The predicted octanol–water partition coefficient (Wildman–Crippen LogP) is 15.2. The Kier molecular flexibility index (Phi) is 7.82. The maximum absolute atomic E-state index is 6.20. The molecule has 0 bridgehead atoms. The molecule has 3 nitrogen and oxygen atoms in total. The summed E-state index contributed by atoms with van der Waals surface area (Å²) in [4.78, 5) is 2.33. The number of hydrogen-bond donors (Lipinski definition) is 0. The quantitative estimate of drug-likeness (QED) is 0.163. The number of benzene rings is 9. The molecule has 2 heterocycles. The van der Waals surface area contributed by atoms with Gasteiger partial charge in [0.25, 0.3) is 0 Å². The minimum absolute atomic E-state index is 0.885. The molecule has 0 fully saturated rings. The zero-order valence-electron chi connectivity index (χ0n) is 31.1. The molecule has 0 atom stereocenters. The van der Waals surface area contributed by atoms with Crippen molar-refractivity contribution in [2.75, 3.05) is 4.90 Å². The molecule has 0 unspecified atom stereocenters. The Bertz CT molecular complexity index is 3160. The molecule has 0 aliphatic carbocycles. The van der Waals surface area contributed by atoms with Crippen LogP contribution in [0.2, 0.25) is 0 Å². The molecule has 11 rings (SSSR count). The van der Waals surface area contributed by atoms with Crippen molar-refractivity contribution in [1.29, 1.82) is 0 Å². The van der Waals surface area contributed by atoms with Crippen LogP contribution >= 0.6 is 0 Å². The number of furan rings is 1. The van der Waals surface area contributed by atoms with Gasteiger partial charge in [-0.2, -0.15) is 0 Å². The van der Waals surface area contributed by atoms with E-state index in [4.69, 9.17) is 4.42 Å². The smallest absolute Gasteiger partial charge is 0.135 e. The Labute approximate surface area is 330 Å².